The van der Waals surface area contributed by atoms with Crippen LogP contribution in [0.25, 0.3) is 11.4 Å². The van der Waals surface area contributed by atoms with Gasteiger partial charge < -0.3 is 10.3 Å². The topological polar surface area (TPSA) is 75.6 Å². The third kappa shape index (κ3) is 3.75. The highest BCUT2D eigenvalue weighted by Gasteiger charge is 2.06. The lowest BCUT2D eigenvalue weighted by molar-refractivity contribution is 0.548. The Bertz CT molecular complexity index is 599. The molecular formula is C13H19N5O. The Labute approximate surface area is 111 Å². The van der Waals surface area contributed by atoms with Crippen molar-refractivity contribution >= 4 is 0 Å². The van der Waals surface area contributed by atoms with Crippen LogP contribution in [0.2, 0.25) is 0 Å². The highest BCUT2D eigenvalue weighted by atomic mass is 16.1. The van der Waals surface area contributed by atoms with Crippen LogP contribution >= 0.6 is 0 Å². The molecule has 6 nitrogen and oxygen atoms in total. The largest absolute Gasteiger partial charge is 0.311 e. The molecular weight excluding hydrogens is 242 g/mol. The van der Waals surface area contributed by atoms with Crippen molar-refractivity contribution in [3.8, 4) is 11.4 Å². The Morgan fingerprint density at radius 3 is 2.89 bits per heavy atom. The molecule has 0 aliphatic heterocycles. The van der Waals surface area contributed by atoms with E-state index in [0.29, 0.717) is 18.3 Å². The van der Waals surface area contributed by atoms with Crippen LogP contribution in [-0.2, 0) is 13.6 Å². The van der Waals surface area contributed by atoms with Gasteiger partial charge in [-0.15, -0.1) is 0 Å². The zero-order valence-corrected chi connectivity index (χ0v) is 11.5. The molecule has 0 atom stereocenters. The number of hydrogen-bond acceptors (Lipinski definition) is 4. The average molecular weight is 261 g/mol. The summed E-state index contributed by atoms with van der Waals surface area (Å²) in [4.78, 5) is 18.8. The molecule has 2 aromatic heterocycles. The minimum absolute atomic E-state index is 0.143. The van der Waals surface area contributed by atoms with Crippen molar-refractivity contribution < 1.29 is 0 Å². The van der Waals surface area contributed by atoms with Gasteiger partial charge in [0.05, 0.1) is 17.5 Å². The highest BCUT2D eigenvalue weighted by Crippen LogP contribution is 2.11. The van der Waals surface area contributed by atoms with Gasteiger partial charge in [0.1, 0.15) is 5.82 Å². The van der Waals surface area contributed by atoms with Crippen molar-refractivity contribution in [1.29, 1.82) is 0 Å². The van der Waals surface area contributed by atoms with Gasteiger partial charge in [-0.1, -0.05) is 13.8 Å². The van der Waals surface area contributed by atoms with E-state index in [0.717, 1.165) is 17.8 Å². The molecule has 0 saturated heterocycles. The fraction of sp³-hybridized carbons (Fsp3) is 0.462. The summed E-state index contributed by atoms with van der Waals surface area (Å²) in [6.45, 7) is 5.77. The first-order chi connectivity index (χ1) is 9.04. The molecule has 2 N–H and O–H groups in total. The first-order valence-electron chi connectivity index (χ1n) is 6.34. The summed E-state index contributed by atoms with van der Waals surface area (Å²) in [5.41, 5.74) is 1.41. The summed E-state index contributed by atoms with van der Waals surface area (Å²) < 4.78 is 1.68. The molecule has 0 unspecified atom stereocenters. The van der Waals surface area contributed by atoms with Gasteiger partial charge in [-0.3, -0.25) is 9.48 Å². The van der Waals surface area contributed by atoms with Crippen molar-refractivity contribution in [3.63, 3.8) is 0 Å². The molecule has 102 valence electrons. The molecule has 0 aliphatic carbocycles. The number of aromatic nitrogens is 4. The predicted molar refractivity (Wildman–Crippen MR) is 73.6 cm³/mol. The lowest BCUT2D eigenvalue weighted by Crippen LogP contribution is -2.21. The third-order valence-electron chi connectivity index (χ3n) is 2.63. The van der Waals surface area contributed by atoms with Crippen molar-refractivity contribution in [2.45, 2.75) is 20.4 Å². The molecule has 6 heteroatoms. The summed E-state index contributed by atoms with van der Waals surface area (Å²) in [6.07, 6.45) is 3.51. The molecule has 19 heavy (non-hydrogen) atoms. The molecule has 0 amide bonds. The monoisotopic (exact) mass is 261 g/mol. The van der Waals surface area contributed by atoms with Crippen LogP contribution in [-0.4, -0.2) is 26.3 Å². The predicted octanol–water partition coefficient (Wildman–Crippen LogP) is 0.916. The van der Waals surface area contributed by atoms with E-state index in [1.165, 1.54) is 6.07 Å². The Balaban J connectivity index is 2.18. The molecule has 0 bridgehead atoms. The number of H-pyrrole nitrogens is 1. The zero-order valence-electron chi connectivity index (χ0n) is 11.5. The lowest BCUT2D eigenvalue weighted by atomic mass is 10.2. The van der Waals surface area contributed by atoms with Crippen LogP contribution in [0.3, 0.4) is 0 Å². The van der Waals surface area contributed by atoms with E-state index in [9.17, 15) is 4.79 Å². The van der Waals surface area contributed by atoms with E-state index in [1.807, 2.05) is 13.2 Å². The molecule has 0 fully saturated rings. The van der Waals surface area contributed by atoms with Gasteiger partial charge in [0.2, 0.25) is 0 Å². The van der Waals surface area contributed by atoms with E-state index in [-0.39, 0.29) is 5.56 Å². The SMILES string of the molecule is CC(C)CNCc1cc(=O)[nH]c(-c2cnn(C)c2)n1. The van der Waals surface area contributed by atoms with Crippen LogP contribution in [0, 0.1) is 5.92 Å². The summed E-state index contributed by atoms with van der Waals surface area (Å²) in [5.74, 6) is 1.13. The second-order valence-corrected chi connectivity index (χ2v) is 5.01. The standard InChI is InChI=1S/C13H19N5O/c1-9(2)5-14-7-11-4-12(19)17-13(16-11)10-6-15-18(3)8-10/h4,6,8-9,14H,5,7H2,1-3H3,(H,16,17,19). The Morgan fingerprint density at radius 2 is 2.26 bits per heavy atom. The van der Waals surface area contributed by atoms with Gasteiger partial charge >= 0.3 is 0 Å². The number of nitrogens with zero attached hydrogens (tertiary/aromatic N) is 3. The summed E-state index contributed by atoms with van der Waals surface area (Å²) in [5, 5.41) is 7.35. The van der Waals surface area contributed by atoms with Crippen molar-refractivity contribution in [2.24, 2.45) is 13.0 Å². The van der Waals surface area contributed by atoms with E-state index in [4.69, 9.17) is 0 Å². The van der Waals surface area contributed by atoms with Crippen LogP contribution < -0.4 is 10.9 Å². The van der Waals surface area contributed by atoms with Crippen molar-refractivity contribution in [1.82, 2.24) is 25.1 Å². The highest BCUT2D eigenvalue weighted by molar-refractivity contribution is 5.51. The summed E-state index contributed by atoms with van der Waals surface area (Å²) in [7, 11) is 1.83. The molecule has 2 heterocycles. The quantitative estimate of drug-likeness (QED) is 0.839. The van der Waals surface area contributed by atoms with Crippen LogP contribution in [0.5, 0.6) is 0 Å². The molecule has 0 aliphatic rings. The summed E-state index contributed by atoms with van der Waals surface area (Å²) in [6, 6.07) is 1.52. The lowest BCUT2D eigenvalue weighted by Gasteiger charge is -2.07. The van der Waals surface area contributed by atoms with Crippen LogP contribution in [0.4, 0.5) is 0 Å². The maximum atomic E-state index is 11.6. The number of hydrogen-bond donors (Lipinski definition) is 2. The fourth-order valence-corrected chi connectivity index (χ4v) is 1.77. The first-order valence-corrected chi connectivity index (χ1v) is 6.34. The van der Waals surface area contributed by atoms with Gasteiger partial charge in [0.25, 0.3) is 5.56 Å². The first kappa shape index (κ1) is 13.5. The number of rotatable bonds is 5. The zero-order chi connectivity index (χ0) is 13.8. The molecule has 2 rings (SSSR count). The Hall–Kier alpha value is -1.95. The molecule has 0 spiro atoms. The minimum atomic E-state index is -0.143. The van der Waals surface area contributed by atoms with Gasteiger partial charge in [-0.2, -0.15) is 5.10 Å². The van der Waals surface area contributed by atoms with E-state index in [1.54, 1.807) is 10.9 Å². The van der Waals surface area contributed by atoms with Crippen molar-refractivity contribution in [3.05, 3.63) is 34.5 Å². The fourth-order valence-electron chi connectivity index (χ4n) is 1.77. The Kier molecular flexibility index (Phi) is 4.11. The van der Waals surface area contributed by atoms with Gasteiger partial charge in [-0.05, 0) is 12.5 Å². The van der Waals surface area contributed by atoms with E-state index < -0.39 is 0 Å². The second-order valence-electron chi connectivity index (χ2n) is 5.01. The smallest absolute Gasteiger partial charge is 0.251 e. The van der Waals surface area contributed by atoms with Gasteiger partial charge in [0.15, 0.2) is 0 Å². The third-order valence-corrected chi connectivity index (χ3v) is 2.63. The maximum absolute atomic E-state index is 11.6. The molecule has 2 aromatic rings. The molecule has 0 radical (unpaired) electrons. The molecule has 0 aromatic carbocycles. The van der Waals surface area contributed by atoms with Crippen LogP contribution in [0.1, 0.15) is 19.5 Å². The number of aryl methyl sites for hydroxylation is 1. The minimum Gasteiger partial charge on any atom is -0.311 e. The number of aromatic amines is 1. The van der Waals surface area contributed by atoms with Crippen molar-refractivity contribution in [2.75, 3.05) is 6.54 Å². The van der Waals surface area contributed by atoms with Crippen LogP contribution in [0.15, 0.2) is 23.3 Å². The van der Waals surface area contributed by atoms with E-state index >= 15 is 0 Å². The number of nitrogens with one attached hydrogen (secondary N) is 2. The van der Waals surface area contributed by atoms with Gasteiger partial charge in [-0.25, -0.2) is 4.98 Å². The van der Waals surface area contributed by atoms with E-state index in [2.05, 4.69) is 34.2 Å². The normalized spacial score (nSPS) is 11.2. The summed E-state index contributed by atoms with van der Waals surface area (Å²) >= 11 is 0. The molecule has 0 saturated carbocycles. The second kappa shape index (κ2) is 5.79. The average Bonchev–Trinajstić information content (AvgIpc) is 2.75. The van der Waals surface area contributed by atoms with Gasteiger partial charge in [0, 0.05) is 25.9 Å². The maximum Gasteiger partial charge on any atom is 0.251 e. The Morgan fingerprint density at radius 1 is 1.47 bits per heavy atom.